The first kappa shape index (κ1) is 21.9. The van der Waals surface area contributed by atoms with E-state index in [2.05, 4.69) is 113 Å². The number of nitrogens with zero attached hydrogens (tertiary/aromatic N) is 3. The Morgan fingerprint density at radius 3 is 1.84 bits per heavy atom. The van der Waals surface area contributed by atoms with Crippen molar-refractivity contribution in [3.05, 3.63) is 127 Å². The quantitative estimate of drug-likeness (QED) is 0.214. The standard InChI is InChI=1S/C33H21N3Se/c1-3-12-22(13-4-1)24-16-7-8-17-25(24)33-31(32(34-36-35-33)23-14-5-2-6-15-23)27-19-11-21-29-30(27)26-18-9-10-20-28(26)37-29/h1-21H. The molecule has 0 aliphatic carbocycles. The maximum atomic E-state index is 4.72. The average Bonchev–Trinajstić information content (AvgIpc) is 3.37. The molecule has 0 bridgehead atoms. The summed E-state index contributed by atoms with van der Waals surface area (Å²) in [6.45, 7) is 0. The zero-order chi connectivity index (χ0) is 24.6. The van der Waals surface area contributed by atoms with E-state index in [0.29, 0.717) is 0 Å². The van der Waals surface area contributed by atoms with Gasteiger partial charge in [-0.05, 0) is 0 Å². The Balaban J connectivity index is 1.61. The van der Waals surface area contributed by atoms with Crippen molar-refractivity contribution in [1.82, 2.24) is 15.4 Å². The first-order valence-electron chi connectivity index (χ1n) is 12.2. The predicted molar refractivity (Wildman–Crippen MR) is 154 cm³/mol. The molecule has 0 unspecified atom stereocenters. The van der Waals surface area contributed by atoms with Crippen molar-refractivity contribution in [3.63, 3.8) is 0 Å². The summed E-state index contributed by atoms with van der Waals surface area (Å²) in [7, 11) is 0. The van der Waals surface area contributed by atoms with E-state index < -0.39 is 0 Å². The van der Waals surface area contributed by atoms with Gasteiger partial charge >= 0.3 is 221 Å². The van der Waals surface area contributed by atoms with Crippen LogP contribution in [0.2, 0.25) is 0 Å². The molecule has 0 amide bonds. The van der Waals surface area contributed by atoms with Crippen LogP contribution >= 0.6 is 0 Å². The van der Waals surface area contributed by atoms with Crippen LogP contribution < -0.4 is 0 Å². The van der Waals surface area contributed by atoms with Gasteiger partial charge in [0.25, 0.3) is 0 Å². The van der Waals surface area contributed by atoms with Crippen molar-refractivity contribution in [1.29, 1.82) is 0 Å². The Hall–Kier alpha value is -4.37. The topological polar surface area (TPSA) is 38.7 Å². The van der Waals surface area contributed by atoms with Gasteiger partial charge < -0.3 is 0 Å². The van der Waals surface area contributed by atoms with Crippen molar-refractivity contribution < 1.29 is 0 Å². The molecule has 37 heavy (non-hydrogen) atoms. The molecule has 0 atom stereocenters. The second kappa shape index (κ2) is 9.25. The molecule has 0 spiro atoms. The molecule has 2 aromatic heterocycles. The zero-order valence-corrected chi connectivity index (χ0v) is 21.6. The van der Waals surface area contributed by atoms with E-state index in [9.17, 15) is 0 Å². The van der Waals surface area contributed by atoms with Crippen molar-refractivity contribution in [2.45, 2.75) is 0 Å². The summed E-state index contributed by atoms with van der Waals surface area (Å²) in [5.74, 6) is 0. The third kappa shape index (κ3) is 3.79. The molecule has 0 saturated heterocycles. The van der Waals surface area contributed by atoms with E-state index in [4.69, 9.17) is 5.10 Å². The van der Waals surface area contributed by atoms with Crippen LogP contribution in [-0.2, 0) is 0 Å². The van der Waals surface area contributed by atoms with E-state index >= 15 is 0 Å². The fourth-order valence-electron chi connectivity index (χ4n) is 5.11. The van der Waals surface area contributed by atoms with Crippen LogP contribution in [0.4, 0.5) is 0 Å². The minimum atomic E-state index is 0.269. The Labute approximate surface area is 220 Å². The van der Waals surface area contributed by atoms with Crippen molar-refractivity contribution in [3.8, 4) is 44.8 Å². The van der Waals surface area contributed by atoms with Gasteiger partial charge in [0, 0.05) is 0 Å². The van der Waals surface area contributed by atoms with Gasteiger partial charge in [0.05, 0.1) is 0 Å². The van der Waals surface area contributed by atoms with Crippen LogP contribution in [0.1, 0.15) is 0 Å². The molecule has 3 nitrogen and oxygen atoms in total. The number of hydrogen-bond acceptors (Lipinski definition) is 3. The van der Waals surface area contributed by atoms with E-state index in [-0.39, 0.29) is 14.5 Å². The number of fused-ring (bicyclic) bond motifs is 3. The zero-order valence-electron chi connectivity index (χ0n) is 19.9. The summed E-state index contributed by atoms with van der Waals surface area (Å²) >= 11 is 0.269. The van der Waals surface area contributed by atoms with Crippen LogP contribution in [0.25, 0.3) is 64.1 Å². The molecule has 2 heterocycles. The maximum absolute atomic E-state index is 4.72. The van der Waals surface area contributed by atoms with Gasteiger partial charge in [-0.25, -0.2) is 0 Å². The Morgan fingerprint density at radius 1 is 0.432 bits per heavy atom. The van der Waals surface area contributed by atoms with E-state index in [0.717, 1.165) is 44.8 Å². The molecule has 0 aliphatic rings. The number of hydrogen-bond donors (Lipinski definition) is 0. The fourth-order valence-corrected chi connectivity index (χ4v) is 7.48. The van der Waals surface area contributed by atoms with Crippen molar-refractivity contribution >= 4 is 33.8 Å². The Bertz CT molecular complexity index is 1880. The molecule has 5 aromatic carbocycles. The second-order valence-electron chi connectivity index (χ2n) is 8.92. The molecule has 174 valence electrons. The summed E-state index contributed by atoms with van der Waals surface area (Å²) < 4.78 is 2.81. The van der Waals surface area contributed by atoms with Crippen molar-refractivity contribution in [2.24, 2.45) is 0 Å². The van der Waals surface area contributed by atoms with Gasteiger partial charge in [-0.3, -0.25) is 0 Å². The van der Waals surface area contributed by atoms with Crippen LogP contribution in [0.5, 0.6) is 0 Å². The summed E-state index contributed by atoms with van der Waals surface area (Å²) in [5, 5.41) is 16.3. The van der Waals surface area contributed by atoms with Crippen molar-refractivity contribution in [2.75, 3.05) is 0 Å². The van der Waals surface area contributed by atoms with Gasteiger partial charge in [-0.2, -0.15) is 0 Å². The SMILES string of the molecule is c1ccc(-c2ccccc2-c2nnnc(-c3ccccc3)c2-c2cccc3[se]c4ccccc4c23)cc1. The first-order chi connectivity index (χ1) is 18.4. The fraction of sp³-hybridized carbons (Fsp3) is 0. The van der Waals surface area contributed by atoms with Crippen LogP contribution in [0.15, 0.2) is 127 Å². The molecule has 4 heteroatoms. The van der Waals surface area contributed by atoms with Gasteiger partial charge in [0.1, 0.15) is 0 Å². The molecular formula is C33H21N3Se. The predicted octanol–water partition coefficient (Wildman–Crippen LogP) is 7.90. The number of rotatable bonds is 4. The molecule has 7 rings (SSSR count). The van der Waals surface area contributed by atoms with Gasteiger partial charge in [-0.1, -0.05) is 0 Å². The van der Waals surface area contributed by atoms with Gasteiger partial charge in [0.15, 0.2) is 0 Å². The molecule has 0 fully saturated rings. The van der Waals surface area contributed by atoms with Crippen LogP contribution in [-0.4, -0.2) is 29.9 Å². The van der Waals surface area contributed by atoms with Crippen LogP contribution in [0.3, 0.4) is 0 Å². The summed E-state index contributed by atoms with van der Waals surface area (Å²) in [6.07, 6.45) is 0. The molecular weight excluding hydrogens is 517 g/mol. The Morgan fingerprint density at radius 2 is 1.03 bits per heavy atom. The minimum absolute atomic E-state index is 0.269. The van der Waals surface area contributed by atoms with Gasteiger partial charge in [0.2, 0.25) is 0 Å². The number of aromatic nitrogens is 3. The number of benzene rings is 5. The summed E-state index contributed by atoms with van der Waals surface area (Å²) in [4.78, 5) is 0. The Kier molecular flexibility index (Phi) is 5.47. The summed E-state index contributed by atoms with van der Waals surface area (Å²) in [5.41, 5.74) is 8.22. The normalized spacial score (nSPS) is 11.2. The second-order valence-corrected chi connectivity index (χ2v) is 11.2. The third-order valence-electron chi connectivity index (χ3n) is 6.75. The molecule has 0 N–H and O–H groups in total. The summed E-state index contributed by atoms with van der Waals surface area (Å²) in [6, 6.07) is 44.7. The van der Waals surface area contributed by atoms with Gasteiger partial charge in [-0.15, -0.1) is 0 Å². The van der Waals surface area contributed by atoms with E-state index in [1.54, 1.807) is 0 Å². The first-order valence-corrected chi connectivity index (χ1v) is 13.9. The molecule has 0 aliphatic heterocycles. The average molecular weight is 539 g/mol. The monoisotopic (exact) mass is 539 g/mol. The third-order valence-corrected chi connectivity index (χ3v) is 9.13. The van der Waals surface area contributed by atoms with Crippen LogP contribution in [0, 0.1) is 0 Å². The molecule has 0 saturated carbocycles. The molecule has 7 aromatic rings. The molecule has 0 radical (unpaired) electrons. The van der Waals surface area contributed by atoms with E-state index in [1.165, 1.54) is 19.3 Å². The van der Waals surface area contributed by atoms with E-state index in [1.807, 2.05) is 24.3 Å².